The minimum atomic E-state index is 0.273. The van der Waals surface area contributed by atoms with E-state index in [1.54, 1.807) is 0 Å². The van der Waals surface area contributed by atoms with Crippen LogP contribution in [0.1, 0.15) is 46.5 Å². The van der Waals surface area contributed by atoms with Crippen molar-refractivity contribution in [2.45, 2.75) is 46.5 Å². The lowest BCUT2D eigenvalue weighted by Crippen LogP contribution is -2.29. The van der Waals surface area contributed by atoms with Gasteiger partial charge in [-0.15, -0.1) is 0 Å². The van der Waals surface area contributed by atoms with Gasteiger partial charge in [-0.1, -0.05) is 27.2 Å². The first kappa shape index (κ1) is 8.76. The van der Waals surface area contributed by atoms with Crippen LogP contribution in [0.15, 0.2) is 0 Å². The van der Waals surface area contributed by atoms with Crippen LogP contribution in [0.4, 0.5) is 0 Å². The fourth-order valence-corrected chi connectivity index (χ4v) is 2.12. The number of carbonyl (C=O) groups excluding carboxylic acids is 1. The lowest BCUT2D eigenvalue weighted by molar-refractivity contribution is -0.111. The van der Waals surface area contributed by atoms with E-state index in [1.807, 2.05) is 0 Å². The van der Waals surface area contributed by atoms with E-state index < -0.39 is 0 Å². The molecule has 0 aromatic heterocycles. The van der Waals surface area contributed by atoms with Crippen molar-refractivity contribution < 1.29 is 4.79 Å². The van der Waals surface area contributed by atoms with E-state index in [-0.39, 0.29) is 5.41 Å². The van der Waals surface area contributed by atoms with Gasteiger partial charge in [-0.2, -0.15) is 0 Å². The van der Waals surface area contributed by atoms with Crippen molar-refractivity contribution in [2.75, 3.05) is 0 Å². The molecule has 1 atom stereocenters. The summed E-state index contributed by atoms with van der Waals surface area (Å²) in [4.78, 5) is 10.5. The van der Waals surface area contributed by atoms with Gasteiger partial charge in [0.15, 0.2) is 0 Å². The summed E-state index contributed by atoms with van der Waals surface area (Å²) in [5.74, 6) is 0. The molecule has 1 aliphatic rings. The molecule has 0 heterocycles. The average Bonchev–Trinajstić information content (AvgIpc) is 2.09. The van der Waals surface area contributed by atoms with Crippen LogP contribution in [0, 0.1) is 10.8 Å². The van der Waals surface area contributed by atoms with E-state index in [4.69, 9.17) is 0 Å². The Kier molecular flexibility index (Phi) is 2.08. The minimum absolute atomic E-state index is 0.273. The van der Waals surface area contributed by atoms with Crippen molar-refractivity contribution in [3.8, 4) is 0 Å². The molecular formula is C10H18O. The second-order valence-corrected chi connectivity index (χ2v) is 4.67. The Morgan fingerprint density at radius 1 is 1.27 bits per heavy atom. The number of carbonyl (C=O) groups is 1. The van der Waals surface area contributed by atoms with Gasteiger partial charge in [-0.25, -0.2) is 0 Å². The quantitative estimate of drug-likeness (QED) is 0.559. The molecule has 0 bridgehead atoms. The van der Waals surface area contributed by atoms with Crippen molar-refractivity contribution in [2.24, 2.45) is 10.8 Å². The van der Waals surface area contributed by atoms with Gasteiger partial charge in [0.05, 0.1) is 0 Å². The van der Waals surface area contributed by atoms with Crippen LogP contribution in [0.5, 0.6) is 0 Å². The van der Waals surface area contributed by atoms with E-state index in [1.165, 1.54) is 19.3 Å². The Bertz CT molecular complexity index is 160. The Labute approximate surface area is 69.2 Å². The Morgan fingerprint density at radius 2 is 1.91 bits per heavy atom. The van der Waals surface area contributed by atoms with E-state index in [9.17, 15) is 4.79 Å². The first-order chi connectivity index (χ1) is 5.02. The summed E-state index contributed by atoms with van der Waals surface area (Å²) < 4.78 is 0. The largest absolute Gasteiger partial charge is 0.303 e. The van der Waals surface area contributed by atoms with Gasteiger partial charge in [0.2, 0.25) is 0 Å². The molecular weight excluding hydrogens is 136 g/mol. The van der Waals surface area contributed by atoms with E-state index >= 15 is 0 Å². The third-order valence-electron chi connectivity index (χ3n) is 3.70. The first-order valence-corrected chi connectivity index (χ1v) is 4.45. The Hall–Kier alpha value is -0.330. The molecule has 1 saturated carbocycles. The van der Waals surface area contributed by atoms with Gasteiger partial charge in [-0.05, 0) is 23.7 Å². The van der Waals surface area contributed by atoms with Gasteiger partial charge >= 0.3 is 0 Å². The van der Waals surface area contributed by atoms with Crippen molar-refractivity contribution in [1.82, 2.24) is 0 Å². The summed E-state index contributed by atoms with van der Waals surface area (Å²) >= 11 is 0. The normalized spacial score (nSPS) is 35.5. The smallest absolute Gasteiger partial charge is 0.120 e. The second-order valence-electron chi connectivity index (χ2n) is 4.67. The maximum absolute atomic E-state index is 10.5. The highest BCUT2D eigenvalue weighted by Gasteiger charge is 2.44. The molecule has 0 aromatic rings. The predicted octanol–water partition coefficient (Wildman–Crippen LogP) is 2.79. The van der Waals surface area contributed by atoms with Crippen molar-refractivity contribution >= 4 is 6.29 Å². The molecule has 0 aliphatic heterocycles. The molecule has 0 saturated heterocycles. The number of aldehydes is 1. The summed E-state index contributed by atoms with van der Waals surface area (Å²) in [7, 11) is 0. The van der Waals surface area contributed by atoms with Gasteiger partial charge in [-0.3, -0.25) is 0 Å². The minimum Gasteiger partial charge on any atom is -0.303 e. The molecule has 0 spiro atoms. The summed E-state index contributed by atoms with van der Waals surface area (Å²) in [5, 5.41) is 0. The lowest BCUT2D eigenvalue weighted by Gasteiger charge is -2.37. The molecule has 1 nitrogen and oxygen atoms in total. The molecule has 0 unspecified atom stereocenters. The fraction of sp³-hybridized carbons (Fsp3) is 0.900. The zero-order chi connectivity index (χ0) is 8.54. The molecule has 64 valence electrons. The van der Waals surface area contributed by atoms with Gasteiger partial charge in [0.1, 0.15) is 6.29 Å². The van der Waals surface area contributed by atoms with Gasteiger partial charge < -0.3 is 4.79 Å². The summed E-state index contributed by atoms with van der Waals surface area (Å²) in [6, 6.07) is 0. The Morgan fingerprint density at radius 3 is 2.27 bits per heavy atom. The first-order valence-electron chi connectivity index (χ1n) is 4.45. The van der Waals surface area contributed by atoms with Crippen LogP contribution >= 0.6 is 0 Å². The Balaban J connectivity index is 2.75. The average molecular weight is 154 g/mol. The fourth-order valence-electron chi connectivity index (χ4n) is 2.12. The highest BCUT2D eigenvalue weighted by Crippen LogP contribution is 2.53. The zero-order valence-electron chi connectivity index (χ0n) is 7.81. The van der Waals surface area contributed by atoms with E-state index in [0.29, 0.717) is 5.41 Å². The molecule has 1 fully saturated rings. The summed E-state index contributed by atoms with van der Waals surface area (Å²) in [5.41, 5.74) is 0.642. The summed E-state index contributed by atoms with van der Waals surface area (Å²) in [6.45, 7) is 6.81. The van der Waals surface area contributed by atoms with Crippen LogP contribution in [-0.2, 0) is 4.79 Å². The highest BCUT2D eigenvalue weighted by atomic mass is 16.1. The van der Waals surface area contributed by atoms with Crippen molar-refractivity contribution in [3.63, 3.8) is 0 Å². The third-order valence-corrected chi connectivity index (χ3v) is 3.70. The molecule has 11 heavy (non-hydrogen) atoms. The maximum Gasteiger partial charge on any atom is 0.120 e. The molecule has 1 aliphatic carbocycles. The maximum atomic E-state index is 10.5. The van der Waals surface area contributed by atoms with Crippen LogP contribution in [0.25, 0.3) is 0 Å². The van der Waals surface area contributed by atoms with Crippen molar-refractivity contribution in [1.29, 1.82) is 0 Å². The van der Waals surface area contributed by atoms with E-state index in [0.717, 1.165) is 12.7 Å². The molecule has 1 heteroatoms. The zero-order valence-corrected chi connectivity index (χ0v) is 7.81. The SMILES string of the molecule is CC1(C)CCC[C@]1(C)CC=O. The standard InChI is InChI=1S/C10H18O/c1-9(2)5-4-6-10(9,3)7-8-11/h8H,4-7H2,1-3H3/t10-/m1/s1. The second kappa shape index (κ2) is 2.62. The topological polar surface area (TPSA) is 17.1 Å². The number of hydrogen-bond acceptors (Lipinski definition) is 1. The number of rotatable bonds is 2. The van der Waals surface area contributed by atoms with Crippen LogP contribution in [0.3, 0.4) is 0 Å². The molecule has 0 aromatic carbocycles. The summed E-state index contributed by atoms with van der Waals surface area (Å²) in [6.07, 6.45) is 5.60. The molecule has 0 radical (unpaired) electrons. The number of hydrogen-bond donors (Lipinski definition) is 0. The molecule has 0 amide bonds. The third kappa shape index (κ3) is 1.33. The lowest BCUT2D eigenvalue weighted by atomic mass is 9.68. The predicted molar refractivity (Wildman–Crippen MR) is 46.4 cm³/mol. The molecule has 0 N–H and O–H groups in total. The van der Waals surface area contributed by atoms with Crippen LogP contribution in [-0.4, -0.2) is 6.29 Å². The van der Waals surface area contributed by atoms with Gasteiger partial charge in [0.25, 0.3) is 0 Å². The van der Waals surface area contributed by atoms with Crippen molar-refractivity contribution in [3.05, 3.63) is 0 Å². The highest BCUT2D eigenvalue weighted by molar-refractivity contribution is 5.51. The van der Waals surface area contributed by atoms with Gasteiger partial charge in [0, 0.05) is 6.42 Å². The monoisotopic (exact) mass is 154 g/mol. The van der Waals surface area contributed by atoms with E-state index in [2.05, 4.69) is 20.8 Å². The van der Waals surface area contributed by atoms with Crippen LogP contribution in [0.2, 0.25) is 0 Å². The van der Waals surface area contributed by atoms with Crippen LogP contribution < -0.4 is 0 Å². The molecule has 1 rings (SSSR count).